The molecule has 0 aromatic carbocycles. The summed E-state index contributed by atoms with van der Waals surface area (Å²) in [6, 6.07) is 4.48. The van der Waals surface area contributed by atoms with Crippen molar-refractivity contribution in [2.45, 2.75) is 25.4 Å². The molecule has 94 valence electrons. The van der Waals surface area contributed by atoms with E-state index in [1.165, 1.54) is 18.4 Å². The summed E-state index contributed by atoms with van der Waals surface area (Å²) in [6.45, 7) is 0.866. The lowest BCUT2D eigenvalue weighted by Gasteiger charge is -2.24. The summed E-state index contributed by atoms with van der Waals surface area (Å²) < 4.78 is 0. The van der Waals surface area contributed by atoms with E-state index in [1.807, 2.05) is 0 Å². The highest BCUT2D eigenvalue weighted by Crippen LogP contribution is 2.36. The van der Waals surface area contributed by atoms with E-state index in [0.29, 0.717) is 16.8 Å². The van der Waals surface area contributed by atoms with Crippen LogP contribution in [-0.2, 0) is 6.54 Å². The summed E-state index contributed by atoms with van der Waals surface area (Å²) in [5.74, 6) is 0.847. The Balaban J connectivity index is 1.89. The predicted octanol–water partition coefficient (Wildman–Crippen LogP) is 3.55. The molecule has 0 radical (unpaired) electrons. The maximum Gasteiger partial charge on any atom is 0.148 e. The van der Waals surface area contributed by atoms with Crippen LogP contribution in [0.25, 0.3) is 0 Å². The van der Waals surface area contributed by atoms with E-state index in [4.69, 9.17) is 17.3 Å². The van der Waals surface area contributed by atoms with Gasteiger partial charge in [0.1, 0.15) is 5.82 Å². The molecule has 1 aliphatic carbocycles. The number of pyridine rings is 1. The second kappa shape index (κ2) is 4.78. The summed E-state index contributed by atoms with van der Waals surface area (Å²) >= 11 is 7.97. The summed E-state index contributed by atoms with van der Waals surface area (Å²) in [5.41, 5.74) is 7.61. The summed E-state index contributed by atoms with van der Waals surface area (Å²) in [7, 11) is 0. The molecule has 1 saturated carbocycles. The maximum atomic E-state index is 6.25. The molecule has 18 heavy (non-hydrogen) atoms. The molecule has 0 atom stereocenters. The van der Waals surface area contributed by atoms with Gasteiger partial charge in [-0.05, 0) is 41.3 Å². The standard InChI is InChI=1S/C13H14ClN3S/c14-12-5-10(15)6-16-13(12)17(11-1-2-11)7-9-3-4-18-8-9/h3-6,8,11H,1-2,7,15H2. The van der Waals surface area contributed by atoms with Gasteiger partial charge in [-0.1, -0.05) is 11.6 Å². The number of hydrogen-bond acceptors (Lipinski definition) is 4. The van der Waals surface area contributed by atoms with Crippen molar-refractivity contribution in [1.82, 2.24) is 4.98 Å². The normalized spacial score (nSPS) is 14.7. The van der Waals surface area contributed by atoms with Gasteiger partial charge in [0.05, 0.1) is 16.9 Å². The smallest absolute Gasteiger partial charge is 0.148 e. The molecular weight excluding hydrogens is 266 g/mol. The van der Waals surface area contributed by atoms with Gasteiger partial charge >= 0.3 is 0 Å². The Bertz CT molecular complexity index is 537. The van der Waals surface area contributed by atoms with Crippen LogP contribution in [0, 0.1) is 0 Å². The minimum Gasteiger partial charge on any atom is -0.397 e. The monoisotopic (exact) mass is 279 g/mol. The lowest BCUT2D eigenvalue weighted by molar-refractivity contribution is 0.780. The highest BCUT2D eigenvalue weighted by atomic mass is 35.5. The van der Waals surface area contributed by atoms with Gasteiger partial charge in [0.2, 0.25) is 0 Å². The quantitative estimate of drug-likeness (QED) is 0.931. The third-order valence-corrected chi connectivity index (χ3v) is 4.05. The van der Waals surface area contributed by atoms with Crippen LogP contribution in [0.1, 0.15) is 18.4 Å². The first-order valence-electron chi connectivity index (χ1n) is 5.93. The molecule has 2 aromatic rings. The zero-order valence-electron chi connectivity index (χ0n) is 9.84. The van der Waals surface area contributed by atoms with Crippen molar-refractivity contribution in [3.8, 4) is 0 Å². The van der Waals surface area contributed by atoms with Crippen LogP contribution in [0.3, 0.4) is 0 Å². The lowest BCUT2D eigenvalue weighted by Crippen LogP contribution is -2.26. The van der Waals surface area contributed by atoms with Crippen LogP contribution in [0.15, 0.2) is 29.1 Å². The fourth-order valence-corrected chi connectivity index (χ4v) is 2.94. The summed E-state index contributed by atoms with van der Waals surface area (Å²) in [4.78, 5) is 6.67. The Morgan fingerprint density at radius 3 is 2.94 bits per heavy atom. The van der Waals surface area contributed by atoms with Crippen LogP contribution in [-0.4, -0.2) is 11.0 Å². The van der Waals surface area contributed by atoms with Crippen molar-refractivity contribution in [2.75, 3.05) is 10.6 Å². The molecule has 2 aromatic heterocycles. The topological polar surface area (TPSA) is 42.1 Å². The van der Waals surface area contributed by atoms with Gasteiger partial charge in [0.15, 0.2) is 0 Å². The average Bonchev–Trinajstić information content (AvgIpc) is 3.05. The highest BCUT2D eigenvalue weighted by molar-refractivity contribution is 7.07. The predicted molar refractivity (Wildman–Crippen MR) is 77.2 cm³/mol. The largest absolute Gasteiger partial charge is 0.397 e. The number of thiophene rings is 1. The van der Waals surface area contributed by atoms with Gasteiger partial charge in [-0.2, -0.15) is 11.3 Å². The summed E-state index contributed by atoms with van der Waals surface area (Å²) in [6.07, 6.45) is 4.10. The van der Waals surface area contributed by atoms with Crippen LogP contribution in [0.2, 0.25) is 5.02 Å². The zero-order valence-corrected chi connectivity index (χ0v) is 11.4. The Morgan fingerprint density at radius 1 is 1.50 bits per heavy atom. The minimum atomic E-state index is 0.568. The van der Waals surface area contributed by atoms with E-state index in [9.17, 15) is 0 Å². The number of rotatable bonds is 4. The number of hydrogen-bond donors (Lipinski definition) is 1. The third kappa shape index (κ3) is 2.44. The van der Waals surface area contributed by atoms with Crippen LogP contribution < -0.4 is 10.6 Å². The molecule has 2 heterocycles. The van der Waals surface area contributed by atoms with E-state index in [1.54, 1.807) is 23.6 Å². The number of nitrogens with zero attached hydrogens (tertiary/aromatic N) is 2. The molecule has 0 aliphatic heterocycles. The first-order chi connectivity index (χ1) is 8.74. The van der Waals surface area contributed by atoms with Gasteiger partial charge < -0.3 is 10.6 Å². The molecule has 1 aliphatic rings. The highest BCUT2D eigenvalue weighted by Gasteiger charge is 2.31. The van der Waals surface area contributed by atoms with E-state index in [2.05, 4.69) is 26.7 Å². The number of halogens is 1. The molecule has 0 bridgehead atoms. The van der Waals surface area contributed by atoms with E-state index < -0.39 is 0 Å². The molecule has 5 heteroatoms. The van der Waals surface area contributed by atoms with Crippen molar-refractivity contribution in [3.63, 3.8) is 0 Å². The third-order valence-electron chi connectivity index (χ3n) is 3.04. The van der Waals surface area contributed by atoms with Crippen LogP contribution >= 0.6 is 22.9 Å². The fraction of sp³-hybridized carbons (Fsp3) is 0.308. The first kappa shape index (κ1) is 11.8. The maximum absolute atomic E-state index is 6.25. The molecule has 2 N–H and O–H groups in total. The minimum absolute atomic E-state index is 0.568. The first-order valence-corrected chi connectivity index (χ1v) is 7.25. The fourth-order valence-electron chi connectivity index (χ4n) is 2.00. The van der Waals surface area contributed by atoms with Gasteiger partial charge in [-0.15, -0.1) is 0 Å². The van der Waals surface area contributed by atoms with Crippen molar-refractivity contribution >= 4 is 34.4 Å². The lowest BCUT2D eigenvalue weighted by atomic mass is 10.3. The number of aromatic nitrogens is 1. The van der Waals surface area contributed by atoms with Gasteiger partial charge in [-0.25, -0.2) is 4.98 Å². The van der Waals surface area contributed by atoms with Crippen molar-refractivity contribution in [1.29, 1.82) is 0 Å². The molecule has 1 fully saturated rings. The molecule has 3 nitrogen and oxygen atoms in total. The Morgan fingerprint density at radius 2 is 2.33 bits per heavy atom. The number of nitrogen functional groups attached to an aromatic ring is 1. The van der Waals surface area contributed by atoms with E-state index >= 15 is 0 Å². The molecule has 0 unspecified atom stereocenters. The Kier molecular flexibility index (Phi) is 3.14. The molecule has 0 spiro atoms. The molecule has 0 saturated heterocycles. The van der Waals surface area contributed by atoms with Crippen molar-refractivity contribution in [2.24, 2.45) is 0 Å². The Labute approximate surface area is 115 Å². The zero-order chi connectivity index (χ0) is 12.5. The second-order valence-electron chi connectivity index (χ2n) is 4.56. The number of nitrogens with two attached hydrogens (primary N) is 1. The van der Waals surface area contributed by atoms with Crippen molar-refractivity contribution < 1.29 is 0 Å². The second-order valence-corrected chi connectivity index (χ2v) is 5.75. The van der Waals surface area contributed by atoms with Crippen LogP contribution in [0.5, 0.6) is 0 Å². The van der Waals surface area contributed by atoms with Gasteiger partial charge in [0, 0.05) is 12.6 Å². The van der Waals surface area contributed by atoms with Gasteiger partial charge in [0.25, 0.3) is 0 Å². The van der Waals surface area contributed by atoms with Gasteiger partial charge in [-0.3, -0.25) is 0 Å². The molecule has 0 amide bonds. The Hall–Kier alpha value is -1.26. The van der Waals surface area contributed by atoms with Crippen LogP contribution in [0.4, 0.5) is 11.5 Å². The molecular formula is C13H14ClN3S. The van der Waals surface area contributed by atoms with Crippen molar-refractivity contribution in [3.05, 3.63) is 39.7 Å². The van der Waals surface area contributed by atoms with E-state index in [0.717, 1.165) is 12.4 Å². The average molecular weight is 280 g/mol. The SMILES string of the molecule is Nc1cnc(N(Cc2ccsc2)C2CC2)c(Cl)c1. The number of anilines is 2. The summed E-state index contributed by atoms with van der Waals surface area (Å²) in [5, 5.41) is 4.90. The molecule has 3 rings (SSSR count). The van der Waals surface area contributed by atoms with E-state index in [-0.39, 0.29) is 0 Å².